The van der Waals surface area contributed by atoms with Gasteiger partial charge in [0.05, 0.1) is 5.60 Å². The Kier molecular flexibility index (Phi) is 5.32. The second-order valence-corrected chi connectivity index (χ2v) is 5.01. The number of aryl methyl sites for hydroxylation is 1. The third-order valence-corrected chi connectivity index (χ3v) is 2.97. The zero-order valence-electron chi connectivity index (χ0n) is 11.3. The standard InChI is InChI=1S/C14H21NO4/c1-10-4-5-11(17)8-12(10)13(18)15-9-14(2,19)6-3-7-16/h4-5,8,16-17,19H,3,6-7,9H2,1-2H3,(H,15,18)/t14-/m0/s1. The van der Waals surface area contributed by atoms with Crippen LogP contribution < -0.4 is 5.32 Å². The topological polar surface area (TPSA) is 89.8 Å². The number of hydrogen-bond donors (Lipinski definition) is 4. The van der Waals surface area contributed by atoms with E-state index in [0.29, 0.717) is 18.4 Å². The SMILES string of the molecule is Cc1ccc(O)cc1C(=O)NC[C@@](C)(O)CCCO. The molecule has 1 amide bonds. The molecule has 0 spiro atoms. The normalized spacial score (nSPS) is 13.9. The van der Waals surface area contributed by atoms with Crippen molar-refractivity contribution in [1.82, 2.24) is 5.32 Å². The summed E-state index contributed by atoms with van der Waals surface area (Å²) in [6, 6.07) is 4.57. The summed E-state index contributed by atoms with van der Waals surface area (Å²) < 4.78 is 0. The van der Waals surface area contributed by atoms with E-state index in [1.807, 2.05) is 0 Å². The molecule has 0 radical (unpaired) electrons. The zero-order chi connectivity index (χ0) is 14.5. The van der Waals surface area contributed by atoms with Gasteiger partial charge in [-0.2, -0.15) is 0 Å². The molecule has 0 fully saturated rings. The lowest BCUT2D eigenvalue weighted by atomic mass is 10.00. The van der Waals surface area contributed by atoms with Crippen molar-refractivity contribution in [2.24, 2.45) is 0 Å². The molecule has 4 N–H and O–H groups in total. The minimum atomic E-state index is -1.05. The van der Waals surface area contributed by atoms with E-state index in [1.165, 1.54) is 12.1 Å². The van der Waals surface area contributed by atoms with Crippen LogP contribution in [0.5, 0.6) is 5.75 Å². The van der Waals surface area contributed by atoms with Gasteiger partial charge in [0.1, 0.15) is 5.75 Å². The van der Waals surface area contributed by atoms with Crippen molar-refractivity contribution in [3.05, 3.63) is 29.3 Å². The van der Waals surface area contributed by atoms with Crippen molar-refractivity contribution >= 4 is 5.91 Å². The first kappa shape index (κ1) is 15.5. The highest BCUT2D eigenvalue weighted by Gasteiger charge is 2.21. The molecule has 1 atom stereocenters. The van der Waals surface area contributed by atoms with Crippen LogP contribution in [0, 0.1) is 6.92 Å². The predicted octanol–water partition coefficient (Wildman–Crippen LogP) is 0.954. The van der Waals surface area contributed by atoms with Crippen molar-refractivity contribution in [1.29, 1.82) is 0 Å². The molecule has 0 aliphatic heterocycles. The Morgan fingerprint density at radius 1 is 1.42 bits per heavy atom. The molecule has 0 saturated heterocycles. The molecule has 19 heavy (non-hydrogen) atoms. The van der Waals surface area contributed by atoms with Gasteiger partial charge in [0.2, 0.25) is 0 Å². The number of benzene rings is 1. The smallest absolute Gasteiger partial charge is 0.251 e. The van der Waals surface area contributed by atoms with E-state index in [4.69, 9.17) is 5.11 Å². The van der Waals surface area contributed by atoms with E-state index in [9.17, 15) is 15.0 Å². The van der Waals surface area contributed by atoms with E-state index in [0.717, 1.165) is 5.56 Å². The monoisotopic (exact) mass is 267 g/mol. The number of aliphatic hydroxyl groups excluding tert-OH is 1. The maximum atomic E-state index is 12.0. The van der Waals surface area contributed by atoms with Crippen molar-refractivity contribution in [2.45, 2.75) is 32.3 Å². The van der Waals surface area contributed by atoms with Crippen LogP contribution >= 0.6 is 0 Å². The molecule has 1 aromatic carbocycles. The van der Waals surface area contributed by atoms with Crippen LogP contribution in [0.3, 0.4) is 0 Å². The van der Waals surface area contributed by atoms with Gasteiger partial charge < -0.3 is 20.6 Å². The Labute approximate surface area is 112 Å². The maximum absolute atomic E-state index is 12.0. The van der Waals surface area contributed by atoms with Gasteiger partial charge >= 0.3 is 0 Å². The van der Waals surface area contributed by atoms with Gasteiger partial charge in [-0.15, -0.1) is 0 Å². The summed E-state index contributed by atoms with van der Waals surface area (Å²) in [6.07, 6.45) is 0.886. The second kappa shape index (κ2) is 6.54. The number of carbonyl (C=O) groups excluding carboxylic acids is 1. The number of aromatic hydroxyl groups is 1. The van der Waals surface area contributed by atoms with Crippen LogP contribution in [0.15, 0.2) is 18.2 Å². The summed E-state index contributed by atoms with van der Waals surface area (Å²) in [4.78, 5) is 12.0. The van der Waals surface area contributed by atoms with Crippen LogP contribution in [0.4, 0.5) is 0 Å². The Hall–Kier alpha value is -1.59. The predicted molar refractivity (Wildman–Crippen MR) is 72.1 cm³/mol. The summed E-state index contributed by atoms with van der Waals surface area (Å²) in [5.41, 5.74) is 0.0894. The fraction of sp³-hybridized carbons (Fsp3) is 0.500. The van der Waals surface area contributed by atoms with Crippen molar-refractivity contribution in [3.8, 4) is 5.75 Å². The third-order valence-electron chi connectivity index (χ3n) is 2.97. The highest BCUT2D eigenvalue weighted by molar-refractivity contribution is 5.96. The lowest BCUT2D eigenvalue weighted by Crippen LogP contribution is -2.40. The van der Waals surface area contributed by atoms with Gasteiger partial charge in [-0.05, 0) is 44.4 Å². The molecule has 0 aromatic heterocycles. The molecular formula is C14H21NO4. The largest absolute Gasteiger partial charge is 0.508 e. The van der Waals surface area contributed by atoms with Gasteiger partial charge in [0.25, 0.3) is 5.91 Å². The number of hydrogen-bond acceptors (Lipinski definition) is 4. The number of aliphatic hydroxyl groups is 2. The summed E-state index contributed by atoms with van der Waals surface area (Å²) in [5.74, 6) is -0.305. The van der Waals surface area contributed by atoms with Gasteiger partial charge in [0.15, 0.2) is 0 Å². The number of phenols is 1. The molecular weight excluding hydrogens is 246 g/mol. The first-order chi connectivity index (χ1) is 8.85. The fourth-order valence-corrected chi connectivity index (χ4v) is 1.77. The van der Waals surface area contributed by atoms with Crippen LogP contribution in [-0.4, -0.2) is 40.0 Å². The molecule has 0 heterocycles. The Bertz CT molecular complexity index is 443. The van der Waals surface area contributed by atoms with E-state index in [1.54, 1.807) is 19.9 Å². The quantitative estimate of drug-likeness (QED) is 0.618. The van der Waals surface area contributed by atoms with Crippen LogP contribution in [-0.2, 0) is 0 Å². The van der Waals surface area contributed by atoms with Gasteiger partial charge in [0, 0.05) is 18.7 Å². The summed E-state index contributed by atoms with van der Waals surface area (Å²) in [5, 5.41) is 30.7. The summed E-state index contributed by atoms with van der Waals surface area (Å²) >= 11 is 0. The molecule has 0 bridgehead atoms. The molecule has 106 valence electrons. The Morgan fingerprint density at radius 3 is 2.74 bits per heavy atom. The first-order valence-electron chi connectivity index (χ1n) is 6.27. The summed E-state index contributed by atoms with van der Waals surface area (Å²) in [7, 11) is 0. The minimum Gasteiger partial charge on any atom is -0.508 e. The van der Waals surface area contributed by atoms with Crippen LogP contribution in [0.25, 0.3) is 0 Å². The molecule has 0 saturated carbocycles. The number of nitrogens with one attached hydrogen (secondary N) is 1. The van der Waals surface area contributed by atoms with Crippen molar-refractivity contribution in [3.63, 3.8) is 0 Å². The highest BCUT2D eigenvalue weighted by Crippen LogP contribution is 2.16. The minimum absolute atomic E-state index is 0.00968. The van der Waals surface area contributed by atoms with Gasteiger partial charge in [-0.25, -0.2) is 0 Å². The number of rotatable bonds is 6. The molecule has 5 nitrogen and oxygen atoms in total. The molecule has 0 aliphatic carbocycles. The van der Waals surface area contributed by atoms with Gasteiger partial charge in [-0.3, -0.25) is 4.79 Å². The number of phenolic OH excluding ortho intramolecular Hbond substituents is 1. The molecule has 5 heteroatoms. The Balaban J connectivity index is 2.62. The number of amides is 1. The Morgan fingerprint density at radius 2 is 2.11 bits per heavy atom. The number of carbonyl (C=O) groups is 1. The lowest BCUT2D eigenvalue weighted by Gasteiger charge is -2.23. The third kappa shape index (κ3) is 4.89. The average molecular weight is 267 g/mol. The zero-order valence-corrected chi connectivity index (χ0v) is 11.3. The van der Waals surface area contributed by atoms with E-state index < -0.39 is 5.60 Å². The van der Waals surface area contributed by atoms with Gasteiger partial charge in [-0.1, -0.05) is 6.07 Å². The summed E-state index contributed by atoms with van der Waals surface area (Å²) in [6.45, 7) is 3.49. The van der Waals surface area contributed by atoms with E-state index in [2.05, 4.69) is 5.32 Å². The lowest BCUT2D eigenvalue weighted by molar-refractivity contribution is 0.0415. The molecule has 0 aliphatic rings. The maximum Gasteiger partial charge on any atom is 0.251 e. The van der Waals surface area contributed by atoms with E-state index >= 15 is 0 Å². The van der Waals surface area contributed by atoms with Crippen molar-refractivity contribution < 1.29 is 20.1 Å². The second-order valence-electron chi connectivity index (χ2n) is 5.01. The van der Waals surface area contributed by atoms with Crippen LogP contribution in [0.1, 0.15) is 35.7 Å². The molecule has 1 aromatic rings. The average Bonchev–Trinajstić information content (AvgIpc) is 2.36. The molecule has 0 unspecified atom stereocenters. The molecule has 1 rings (SSSR count). The van der Waals surface area contributed by atoms with Crippen molar-refractivity contribution in [2.75, 3.05) is 13.2 Å². The fourth-order valence-electron chi connectivity index (χ4n) is 1.77. The van der Waals surface area contributed by atoms with E-state index in [-0.39, 0.29) is 24.8 Å². The highest BCUT2D eigenvalue weighted by atomic mass is 16.3. The first-order valence-corrected chi connectivity index (χ1v) is 6.27. The van der Waals surface area contributed by atoms with Crippen LogP contribution in [0.2, 0.25) is 0 Å².